The Kier molecular flexibility index (Phi) is 6.34. The van der Waals surface area contributed by atoms with Gasteiger partial charge in [-0.15, -0.1) is 0 Å². The van der Waals surface area contributed by atoms with Gasteiger partial charge in [0, 0.05) is 32.2 Å². The number of hydrogen-bond donors (Lipinski definition) is 2. The molecule has 5 nitrogen and oxygen atoms in total. The number of unbranched alkanes of at least 4 members (excludes halogenated alkanes) is 1. The van der Waals surface area contributed by atoms with Gasteiger partial charge in [-0.05, 0) is 24.1 Å². The molecule has 0 saturated carbocycles. The van der Waals surface area contributed by atoms with E-state index in [0.29, 0.717) is 17.5 Å². The second-order valence-corrected chi connectivity index (χ2v) is 5.72. The number of ether oxygens (including phenoxy) is 2. The Balaban J connectivity index is 2.32. The molecule has 0 aromatic heterocycles. The molecule has 5 heteroatoms. The molecule has 0 radical (unpaired) electrons. The van der Waals surface area contributed by atoms with E-state index in [9.17, 15) is 5.11 Å². The molecule has 1 aliphatic rings. The summed E-state index contributed by atoms with van der Waals surface area (Å²) in [6.45, 7) is 6.34. The second-order valence-electron chi connectivity index (χ2n) is 5.72. The summed E-state index contributed by atoms with van der Waals surface area (Å²) in [5.41, 5.74) is 1.15. The van der Waals surface area contributed by atoms with Crippen LogP contribution in [0.3, 0.4) is 0 Å². The molecule has 1 fully saturated rings. The van der Waals surface area contributed by atoms with Crippen molar-refractivity contribution < 1.29 is 14.6 Å². The maximum atomic E-state index is 10.1. The largest absolute Gasteiger partial charge is 0.502 e. The summed E-state index contributed by atoms with van der Waals surface area (Å²) >= 11 is 0. The summed E-state index contributed by atoms with van der Waals surface area (Å²) in [6, 6.07) is 4.23. The minimum atomic E-state index is 0.0725. The molecule has 22 heavy (non-hydrogen) atoms. The summed E-state index contributed by atoms with van der Waals surface area (Å²) in [7, 11) is 3.15. The Bertz CT molecular complexity index is 448. The fourth-order valence-electron chi connectivity index (χ4n) is 3.06. The molecule has 1 aromatic carbocycles. The van der Waals surface area contributed by atoms with Crippen molar-refractivity contribution in [2.45, 2.75) is 32.2 Å². The highest BCUT2D eigenvalue weighted by molar-refractivity contribution is 5.53. The highest BCUT2D eigenvalue weighted by Gasteiger charge is 2.24. The molecule has 0 amide bonds. The van der Waals surface area contributed by atoms with Crippen molar-refractivity contribution in [1.82, 2.24) is 10.2 Å². The number of methoxy groups -OCH3 is 2. The molecule has 1 heterocycles. The van der Waals surface area contributed by atoms with Crippen LogP contribution in [0.5, 0.6) is 17.2 Å². The average molecular weight is 308 g/mol. The maximum absolute atomic E-state index is 10.1. The number of rotatable bonds is 7. The number of hydrogen-bond acceptors (Lipinski definition) is 5. The third-order valence-electron chi connectivity index (χ3n) is 4.31. The molecule has 2 N–H and O–H groups in total. The van der Waals surface area contributed by atoms with Crippen LogP contribution in [0.1, 0.15) is 37.8 Å². The number of piperazine rings is 1. The highest BCUT2D eigenvalue weighted by atomic mass is 16.5. The minimum Gasteiger partial charge on any atom is -0.502 e. The lowest BCUT2D eigenvalue weighted by molar-refractivity contribution is 0.162. The topological polar surface area (TPSA) is 54.0 Å². The van der Waals surface area contributed by atoms with E-state index in [1.54, 1.807) is 14.2 Å². The minimum absolute atomic E-state index is 0.0725. The maximum Gasteiger partial charge on any atom is 0.200 e. The van der Waals surface area contributed by atoms with E-state index in [0.717, 1.165) is 38.2 Å². The van der Waals surface area contributed by atoms with Crippen LogP contribution in [0.4, 0.5) is 0 Å². The quantitative estimate of drug-likeness (QED) is 0.811. The number of nitrogens with one attached hydrogen (secondary N) is 1. The lowest BCUT2D eigenvalue weighted by Crippen LogP contribution is -2.45. The van der Waals surface area contributed by atoms with Gasteiger partial charge in [0.05, 0.1) is 14.2 Å². The molecule has 1 saturated heterocycles. The van der Waals surface area contributed by atoms with Crippen LogP contribution in [0.15, 0.2) is 12.1 Å². The van der Waals surface area contributed by atoms with Crippen LogP contribution in [0.25, 0.3) is 0 Å². The van der Waals surface area contributed by atoms with Gasteiger partial charge in [-0.25, -0.2) is 0 Å². The van der Waals surface area contributed by atoms with Gasteiger partial charge < -0.3 is 19.9 Å². The first-order chi connectivity index (χ1) is 10.7. The molecule has 0 spiro atoms. The summed E-state index contributed by atoms with van der Waals surface area (Å²) in [6.07, 6.45) is 3.46. The summed E-state index contributed by atoms with van der Waals surface area (Å²) in [5.74, 6) is 1.03. The van der Waals surface area contributed by atoms with Gasteiger partial charge in [0.15, 0.2) is 11.5 Å². The van der Waals surface area contributed by atoms with Crippen LogP contribution in [-0.4, -0.2) is 50.4 Å². The average Bonchev–Trinajstić information content (AvgIpc) is 2.57. The van der Waals surface area contributed by atoms with Crippen molar-refractivity contribution in [3.8, 4) is 17.2 Å². The third kappa shape index (κ3) is 3.84. The van der Waals surface area contributed by atoms with Crippen LogP contribution < -0.4 is 14.8 Å². The van der Waals surface area contributed by atoms with Crippen LogP contribution in [-0.2, 0) is 0 Å². The third-order valence-corrected chi connectivity index (χ3v) is 4.31. The second kappa shape index (κ2) is 8.25. The first-order valence-electron chi connectivity index (χ1n) is 8.10. The zero-order valence-corrected chi connectivity index (χ0v) is 13.9. The molecule has 124 valence electrons. The molecule has 0 bridgehead atoms. The Hall–Kier alpha value is -1.46. The number of phenols is 1. The summed E-state index contributed by atoms with van der Waals surface area (Å²) < 4.78 is 10.6. The van der Waals surface area contributed by atoms with Crippen LogP contribution >= 0.6 is 0 Å². The SMILES string of the molecule is CCCC[C@H](c1cc(OC)c(O)c(OC)c1)N1CCNCC1. The van der Waals surface area contributed by atoms with E-state index >= 15 is 0 Å². The first kappa shape index (κ1) is 16.9. The van der Waals surface area contributed by atoms with Gasteiger partial charge in [0.2, 0.25) is 5.75 Å². The predicted octanol–water partition coefficient (Wildman–Crippen LogP) is 2.55. The zero-order valence-electron chi connectivity index (χ0n) is 13.9. The van der Waals surface area contributed by atoms with E-state index in [2.05, 4.69) is 17.1 Å². The van der Waals surface area contributed by atoms with Gasteiger partial charge in [-0.3, -0.25) is 4.90 Å². The molecular formula is C17H28N2O3. The van der Waals surface area contributed by atoms with Gasteiger partial charge >= 0.3 is 0 Å². The number of benzene rings is 1. The molecule has 1 aliphatic heterocycles. The van der Waals surface area contributed by atoms with Crippen molar-refractivity contribution in [3.63, 3.8) is 0 Å². The fourth-order valence-corrected chi connectivity index (χ4v) is 3.06. The Morgan fingerprint density at radius 2 is 1.77 bits per heavy atom. The molecule has 1 aromatic rings. The molecule has 2 rings (SSSR count). The number of nitrogens with zero attached hydrogens (tertiary/aromatic N) is 1. The van der Waals surface area contributed by atoms with Crippen molar-refractivity contribution in [1.29, 1.82) is 0 Å². The zero-order chi connectivity index (χ0) is 15.9. The van der Waals surface area contributed by atoms with E-state index in [4.69, 9.17) is 9.47 Å². The lowest BCUT2D eigenvalue weighted by Gasteiger charge is -2.35. The Morgan fingerprint density at radius 3 is 2.27 bits per heavy atom. The van der Waals surface area contributed by atoms with E-state index < -0.39 is 0 Å². The van der Waals surface area contributed by atoms with Gasteiger partial charge in [0.1, 0.15) is 0 Å². The van der Waals surface area contributed by atoms with Crippen molar-refractivity contribution >= 4 is 0 Å². The predicted molar refractivity (Wildman–Crippen MR) is 87.9 cm³/mol. The standard InChI is InChI=1S/C17H28N2O3/c1-4-5-6-14(19-9-7-18-8-10-19)13-11-15(21-2)17(20)16(12-13)22-3/h11-12,14,18,20H,4-10H2,1-3H3/t14-/m1/s1. The smallest absolute Gasteiger partial charge is 0.200 e. The van der Waals surface area contributed by atoms with Crippen molar-refractivity contribution in [2.75, 3.05) is 40.4 Å². The van der Waals surface area contributed by atoms with Crippen LogP contribution in [0.2, 0.25) is 0 Å². The van der Waals surface area contributed by atoms with Gasteiger partial charge in [-0.2, -0.15) is 0 Å². The van der Waals surface area contributed by atoms with E-state index in [-0.39, 0.29) is 5.75 Å². The highest BCUT2D eigenvalue weighted by Crippen LogP contribution is 2.40. The number of phenolic OH excluding ortho intramolecular Hbond substituents is 1. The first-order valence-corrected chi connectivity index (χ1v) is 8.10. The van der Waals surface area contributed by atoms with Crippen LogP contribution in [0, 0.1) is 0 Å². The van der Waals surface area contributed by atoms with E-state index in [1.807, 2.05) is 12.1 Å². The van der Waals surface area contributed by atoms with Gasteiger partial charge in [0.25, 0.3) is 0 Å². The molecule has 0 unspecified atom stereocenters. The van der Waals surface area contributed by atoms with Crippen molar-refractivity contribution in [2.24, 2.45) is 0 Å². The molecular weight excluding hydrogens is 280 g/mol. The molecule has 0 aliphatic carbocycles. The summed E-state index contributed by atoms with van der Waals surface area (Å²) in [4.78, 5) is 2.51. The normalized spacial score (nSPS) is 17.2. The van der Waals surface area contributed by atoms with Gasteiger partial charge in [-0.1, -0.05) is 19.8 Å². The molecule has 1 atom stereocenters. The number of aromatic hydroxyl groups is 1. The van der Waals surface area contributed by atoms with Crippen molar-refractivity contribution in [3.05, 3.63) is 17.7 Å². The lowest BCUT2D eigenvalue weighted by atomic mass is 9.98. The monoisotopic (exact) mass is 308 g/mol. The summed E-state index contributed by atoms with van der Waals surface area (Å²) in [5, 5.41) is 13.5. The Morgan fingerprint density at radius 1 is 1.18 bits per heavy atom. The Labute approximate surface area is 133 Å². The fraction of sp³-hybridized carbons (Fsp3) is 0.647. The van der Waals surface area contributed by atoms with E-state index in [1.165, 1.54) is 12.8 Å².